The topological polar surface area (TPSA) is 83.6 Å². The van der Waals surface area contributed by atoms with Gasteiger partial charge in [-0.1, -0.05) is 5.16 Å². The third kappa shape index (κ3) is 2.88. The van der Waals surface area contributed by atoms with Gasteiger partial charge in [-0.25, -0.2) is 0 Å². The van der Waals surface area contributed by atoms with Crippen molar-refractivity contribution < 1.29 is 19.2 Å². The van der Waals surface area contributed by atoms with Gasteiger partial charge in [0.25, 0.3) is 0 Å². The van der Waals surface area contributed by atoms with Gasteiger partial charge in [0.05, 0.1) is 24.2 Å². The molecule has 23 heavy (non-hydrogen) atoms. The van der Waals surface area contributed by atoms with Gasteiger partial charge in [-0.2, -0.15) is 11.3 Å². The van der Waals surface area contributed by atoms with Crippen LogP contribution in [0.4, 0.5) is 0 Å². The Bertz CT molecular complexity index is 703. The van der Waals surface area contributed by atoms with E-state index in [1.54, 1.807) is 11.8 Å². The van der Waals surface area contributed by atoms with Crippen molar-refractivity contribution in [2.24, 2.45) is 5.92 Å². The molecule has 2 aromatic rings. The maximum absolute atomic E-state index is 12.5. The summed E-state index contributed by atoms with van der Waals surface area (Å²) in [6.45, 7) is 3.96. The number of hydrogen-bond donors (Lipinski definition) is 1. The molecule has 7 heteroatoms. The molecule has 0 aromatic carbocycles. The lowest BCUT2D eigenvalue weighted by molar-refractivity contribution is -0.152. The van der Waals surface area contributed by atoms with Gasteiger partial charge >= 0.3 is 5.97 Å². The maximum atomic E-state index is 12.5. The van der Waals surface area contributed by atoms with E-state index in [0.29, 0.717) is 18.7 Å². The van der Waals surface area contributed by atoms with E-state index in [9.17, 15) is 14.7 Å². The van der Waals surface area contributed by atoms with Crippen molar-refractivity contribution in [3.63, 3.8) is 0 Å². The summed E-state index contributed by atoms with van der Waals surface area (Å²) in [5.41, 5.74) is 2.46. The molecule has 1 aliphatic heterocycles. The number of carbonyl (C=O) groups excluding carboxylic acids is 1. The van der Waals surface area contributed by atoms with E-state index < -0.39 is 17.9 Å². The number of thiophene rings is 1. The largest absolute Gasteiger partial charge is 0.481 e. The molecular weight excluding hydrogens is 316 g/mol. The summed E-state index contributed by atoms with van der Waals surface area (Å²) in [6.07, 6.45) is 0.619. The minimum atomic E-state index is -0.863. The third-order valence-electron chi connectivity index (χ3n) is 4.42. The minimum absolute atomic E-state index is 0.0290. The molecule has 2 aromatic heterocycles. The number of nitrogens with zero attached hydrogens (tertiary/aromatic N) is 2. The van der Waals surface area contributed by atoms with Gasteiger partial charge in [-0.3, -0.25) is 9.59 Å². The number of carbonyl (C=O) groups is 2. The van der Waals surface area contributed by atoms with Crippen molar-refractivity contribution in [2.45, 2.75) is 39.3 Å². The molecule has 0 saturated carbocycles. The number of aliphatic carboxylic acids is 1. The first-order valence-electron chi connectivity index (χ1n) is 7.45. The van der Waals surface area contributed by atoms with Crippen LogP contribution in [0.2, 0.25) is 0 Å². The van der Waals surface area contributed by atoms with Gasteiger partial charge in [0.2, 0.25) is 5.91 Å². The molecule has 2 atom stereocenters. The summed E-state index contributed by atoms with van der Waals surface area (Å²) >= 11 is 1.50. The van der Waals surface area contributed by atoms with Gasteiger partial charge in [-0.05, 0) is 42.7 Å². The Labute approximate surface area is 137 Å². The van der Waals surface area contributed by atoms with E-state index >= 15 is 0 Å². The summed E-state index contributed by atoms with van der Waals surface area (Å²) in [6, 6.07) is 1.44. The Morgan fingerprint density at radius 2 is 2.30 bits per heavy atom. The van der Waals surface area contributed by atoms with Crippen LogP contribution in [0.25, 0.3) is 0 Å². The summed E-state index contributed by atoms with van der Waals surface area (Å²) in [5.74, 6) is -0.823. The molecular formula is C16H18N2O4S. The van der Waals surface area contributed by atoms with Crippen LogP contribution in [0.15, 0.2) is 21.3 Å². The number of rotatable bonds is 4. The maximum Gasteiger partial charge on any atom is 0.308 e. The van der Waals surface area contributed by atoms with Gasteiger partial charge in [0.15, 0.2) is 0 Å². The second kappa shape index (κ2) is 6.16. The number of carboxylic acids is 1. The van der Waals surface area contributed by atoms with Crippen LogP contribution < -0.4 is 0 Å². The minimum Gasteiger partial charge on any atom is -0.481 e. The molecule has 0 bridgehead atoms. The monoisotopic (exact) mass is 334 g/mol. The lowest BCUT2D eigenvalue weighted by atomic mass is 9.85. The second-order valence-corrected chi connectivity index (χ2v) is 6.59. The quantitative estimate of drug-likeness (QED) is 0.929. The Morgan fingerprint density at radius 1 is 1.52 bits per heavy atom. The molecule has 1 amide bonds. The van der Waals surface area contributed by atoms with Crippen molar-refractivity contribution >= 4 is 23.2 Å². The number of hydrogen-bond acceptors (Lipinski definition) is 5. The molecule has 6 nitrogen and oxygen atoms in total. The standard InChI is InChI=1S/C16H18N2O4S/c1-9-13(10(2)22-17-9)7-18-14(19)4-3-12(16(20)21)15(18)11-5-6-23-8-11/h5-6,8,12,15H,3-4,7H2,1-2H3,(H,20,21)/t12-,15+/m1/s1. The van der Waals surface area contributed by atoms with Crippen molar-refractivity contribution in [1.29, 1.82) is 0 Å². The second-order valence-electron chi connectivity index (χ2n) is 5.81. The fraction of sp³-hybridized carbons (Fsp3) is 0.438. The van der Waals surface area contributed by atoms with Gasteiger partial charge in [-0.15, -0.1) is 0 Å². The Balaban J connectivity index is 1.99. The van der Waals surface area contributed by atoms with Crippen molar-refractivity contribution in [1.82, 2.24) is 10.1 Å². The zero-order valence-electron chi connectivity index (χ0n) is 13.0. The SMILES string of the molecule is Cc1noc(C)c1CN1C(=O)CC[C@@H](C(=O)O)[C@@H]1c1ccsc1. The van der Waals surface area contributed by atoms with E-state index in [0.717, 1.165) is 16.8 Å². The van der Waals surface area contributed by atoms with Crippen molar-refractivity contribution in [3.05, 3.63) is 39.4 Å². The van der Waals surface area contributed by atoms with E-state index in [1.807, 2.05) is 23.8 Å². The van der Waals surface area contributed by atoms with Crippen LogP contribution in [0, 0.1) is 19.8 Å². The molecule has 0 unspecified atom stereocenters. The zero-order chi connectivity index (χ0) is 16.6. The summed E-state index contributed by atoms with van der Waals surface area (Å²) in [7, 11) is 0. The van der Waals surface area contributed by atoms with E-state index in [4.69, 9.17) is 4.52 Å². The average Bonchev–Trinajstić information content (AvgIpc) is 3.13. The Hall–Kier alpha value is -2.15. The number of aromatic nitrogens is 1. The molecule has 122 valence electrons. The average molecular weight is 334 g/mol. The van der Waals surface area contributed by atoms with Crippen LogP contribution in [0.5, 0.6) is 0 Å². The van der Waals surface area contributed by atoms with E-state index in [2.05, 4.69) is 5.16 Å². The highest BCUT2D eigenvalue weighted by Gasteiger charge is 2.41. The van der Waals surface area contributed by atoms with Crippen LogP contribution in [0.1, 0.15) is 41.5 Å². The van der Waals surface area contributed by atoms with Crippen LogP contribution in [-0.2, 0) is 16.1 Å². The van der Waals surface area contributed by atoms with Crippen molar-refractivity contribution in [2.75, 3.05) is 0 Å². The lowest BCUT2D eigenvalue weighted by Crippen LogP contribution is -2.44. The number of likely N-dealkylation sites (tertiary alicyclic amines) is 1. The highest BCUT2D eigenvalue weighted by molar-refractivity contribution is 7.08. The number of carboxylic acid groups (broad SMARTS) is 1. The normalized spacial score (nSPS) is 21.7. The molecule has 0 radical (unpaired) electrons. The number of aryl methyl sites for hydroxylation is 2. The predicted octanol–water partition coefficient (Wildman–Crippen LogP) is 2.92. The Morgan fingerprint density at radius 3 is 2.87 bits per heavy atom. The molecule has 1 N–H and O–H groups in total. The van der Waals surface area contributed by atoms with Crippen LogP contribution >= 0.6 is 11.3 Å². The predicted molar refractivity (Wildman–Crippen MR) is 83.9 cm³/mol. The van der Waals surface area contributed by atoms with Gasteiger partial charge in [0, 0.05) is 12.0 Å². The third-order valence-corrected chi connectivity index (χ3v) is 5.12. The zero-order valence-corrected chi connectivity index (χ0v) is 13.8. The molecule has 3 heterocycles. The molecule has 1 fully saturated rings. The molecule has 1 aliphatic rings. The number of piperidine rings is 1. The smallest absolute Gasteiger partial charge is 0.308 e. The first-order valence-corrected chi connectivity index (χ1v) is 8.39. The highest BCUT2D eigenvalue weighted by Crippen LogP contribution is 2.39. The highest BCUT2D eigenvalue weighted by atomic mass is 32.1. The van der Waals surface area contributed by atoms with Crippen molar-refractivity contribution in [3.8, 4) is 0 Å². The molecule has 1 saturated heterocycles. The molecule has 3 rings (SSSR count). The fourth-order valence-electron chi connectivity index (χ4n) is 3.15. The summed E-state index contributed by atoms with van der Waals surface area (Å²) in [4.78, 5) is 25.8. The fourth-order valence-corrected chi connectivity index (χ4v) is 3.84. The van der Waals surface area contributed by atoms with Gasteiger partial charge < -0.3 is 14.5 Å². The Kier molecular flexibility index (Phi) is 4.21. The summed E-state index contributed by atoms with van der Waals surface area (Å²) in [5, 5.41) is 17.3. The molecule has 0 aliphatic carbocycles. The first kappa shape index (κ1) is 15.7. The molecule has 0 spiro atoms. The summed E-state index contributed by atoms with van der Waals surface area (Å²) < 4.78 is 5.17. The first-order chi connectivity index (χ1) is 11.0. The number of amides is 1. The van der Waals surface area contributed by atoms with Crippen LogP contribution in [0.3, 0.4) is 0 Å². The van der Waals surface area contributed by atoms with Crippen LogP contribution in [-0.4, -0.2) is 27.0 Å². The lowest BCUT2D eigenvalue weighted by Gasteiger charge is -2.39. The van der Waals surface area contributed by atoms with E-state index in [-0.39, 0.29) is 12.3 Å². The van der Waals surface area contributed by atoms with E-state index in [1.165, 1.54) is 11.3 Å². The van der Waals surface area contributed by atoms with Gasteiger partial charge in [0.1, 0.15) is 5.76 Å².